The van der Waals surface area contributed by atoms with Gasteiger partial charge in [0.05, 0.1) is 5.56 Å². The number of amides is 1. The van der Waals surface area contributed by atoms with E-state index in [0.29, 0.717) is 11.4 Å². The number of carbonyl (C=O) groups excluding carboxylic acids is 1. The van der Waals surface area contributed by atoms with Gasteiger partial charge in [0.2, 0.25) is 0 Å². The molecule has 0 fully saturated rings. The second-order valence-corrected chi connectivity index (χ2v) is 6.32. The lowest BCUT2D eigenvalue weighted by Crippen LogP contribution is -2.38. The Morgan fingerprint density at radius 2 is 1.76 bits per heavy atom. The second-order valence-electron chi connectivity index (χ2n) is 6.32. The van der Waals surface area contributed by atoms with E-state index in [-0.39, 0.29) is 17.5 Å². The second kappa shape index (κ2) is 4.88. The number of fused-ring (bicyclic) bond motifs is 1. The summed E-state index contributed by atoms with van der Waals surface area (Å²) in [7, 11) is 0. The zero-order chi connectivity index (χ0) is 15.0. The van der Waals surface area contributed by atoms with Crippen molar-refractivity contribution in [2.24, 2.45) is 0 Å². The molecule has 2 heterocycles. The first-order valence-corrected chi connectivity index (χ1v) is 7.08. The molecule has 0 radical (unpaired) electrons. The van der Waals surface area contributed by atoms with Crippen LogP contribution in [0.2, 0.25) is 0 Å². The highest BCUT2D eigenvalue weighted by molar-refractivity contribution is 6.00. The highest BCUT2D eigenvalue weighted by Gasteiger charge is 2.25. The Labute approximate surface area is 124 Å². The van der Waals surface area contributed by atoms with E-state index in [1.165, 1.54) is 5.56 Å². The summed E-state index contributed by atoms with van der Waals surface area (Å²) in [5.41, 5.74) is 3.00. The minimum Gasteiger partial charge on any atom is -0.346 e. The molecule has 2 aromatic rings. The summed E-state index contributed by atoms with van der Waals surface area (Å²) < 4.78 is 0. The molecule has 0 unspecified atom stereocenters. The molecule has 0 spiro atoms. The summed E-state index contributed by atoms with van der Waals surface area (Å²) in [5, 5.41) is 6.22. The number of hydrogen-bond acceptors (Lipinski definition) is 3. The van der Waals surface area contributed by atoms with Crippen LogP contribution in [0.25, 0.3) is 0 Å². The van der Waals surface area contributed by atoms with Crippen LogP contribution in [0.5, 0.6) is 0 Å². The summed E-state index contributed by atoms with van der Waals surface area (Å²) in [6.45, 7) is 6.55. The molecule has 108 valence electrons. The third kappa shape index (κ3) is 2.61. The van der Waals surface area contributed by atoms with Gasteiger partial charge in [0, 0.05) is 6.20 Å². The molecule has 1 aromatic carbocycles. The molecule has 1 aliphatic rings. The van der Waals surface area contributed by atoms with Crippen LogP contribution in [-0.2, 0) is 5.41 Å². The molecular formula is C17H19N3O. The molecule has 0 saturated heterocycles. The first-order chi connectivity index (χ1) is 9.95. The number of nitrogens with one attached hydrogen (secondary N) is 2. The molecule has 1 aromatic heterocycles. The number of pyridine rings is 1. The molecule has 1 aliphatic heterocycles. The van der Waals surface area contributed by atoms with E-state index >= 15 is 0 Å². The zero-order valence-corrected chi connectivity index (χ0v) is 12.5. The lowest BCUT2D eigenvalue weighted by atomic mass is 9.86. The van der Waals surface area contributed by atoms with E-state index in [1.54, 1.807) is 18.3 Å². The molecule has 0 aliphatic carbocycles. The molecule has 1 atom stereocenters. The van der Waals surface area contributed by atoms with Crippen molar-refractivity contribution in [1.29, 1.82) is 0 Å². The SMILES string of the molecule is CC(C)(C)c1ccc([C@@H]2NC(=O)c3cccnc3N2)cc1. The Bertz CT molecular complexity index is 671. The van der Waals surface area contributed by atoms with Gasteiger partial charge in [0.1, 0.15) is 12.0 Å². The number of aromatic nitrogens is 1. The van der Waals surface area contributed by atoms with Crippen molar-refractivity contribution in [1.82, 2.24) is 10.3 Å². The fourth-order valence-electron chi connectivity index (χ4n) is 2.43. The first kappa shape index (κ1) is 13.6. The lowest BCUT2D eigenvalue weighted by Gasteiger charge is -2.28. The summed E-state index contributed by atoms with van der Waals surface area (Å²) in [6, 6.07) is 11.8. The number of carbonyl (C=O) groups is 1. The summed E-state index contributed by atoms with van der Waals surface area (Å²) in [4.78, 5) is 16.3. The number of hydrogen-bond donors (Lipinski definition) is 2. The minimum absolute atomic E-state index is 0.0956. The van der Waals surface area contributed by atoms with E-state index in [0.717, 1.165) is 5.56 Å². The maximum Gasteiger partial charge on any atom is 0.256 e. The predicted molar refractivity (Wildman–Crippen MR) is 83.2 cm³/mol. The van der Waals surface area contributed by atoms with Crippen LogP contribution in [0.1, 0.15) is 48.4 Å². The van der Waals surface area contributed by atoms with Crippen molar-refractivity contribution in [2.75, 3.05) is 5.32 Å². The van der Waals surface area contributed by atoms with E-state index in [4.69, 9.17) is 0 Å². The monoisotopic (exact) mass is 281 g/mol. The Kier molecular flexibility index (Phi) is 3.16. The molecule has 4 heteroatoms. The van der Waals surface area contributed by atoms with Gasteiger partial charge in [-0.1, -0.05) is 45.0 Å². The number of rotatable bonds is 1. The number of anilines is 1. The van der Waals surface area contributed by atoms with E-state index in [2.05, 4.69) is 48.5 Å². The fraction of sp³-hybridized carbons (Fsp3) is 0.294. The zero-order valence-electron chi connectivity index (χ0n) is 12.5. The third-order valence-electron chi connectivity index (χ3n) is 3.72. The maximum atomic E-state index is 12.1. The van der Waals surface area contributed by atoms with Gasteiger partial charge in [0.25, 0.3) is 5.91 Å². The molecule has 1 amide bonds. The van der Waals surface area contributed by atoms with Crippen molar-refractivity contribution in [3.8, 4) is 0 Å². The molecule has 2 N–H and O–H groups in total. The Balaban J connectivity index is 1.88. The van der Waals surface area contributed by atoms with Gasteiger partial charge < -0.3 is 10.6 Å². The van der Waals surface area contributed by atoms with Crippen LogP contribution < -0.4 is 10.6 Å². The lowest BCUT2D eigenvalue weighted by molar-refractivity contribution is 0.0935. The van der Waals surface area contributed by atoms with Gasteiger partial charge >= 0.3 is 0 Å². The van der Waals surface area contributed by atoms with Gasteiger partial charge in [-0.3, -0.25) is 4.79 Å². The van der Waals surface area contributed by atoms with Crippen LogP contribution in [0.15, 0.2) is 42.6 Å². The highest BCUT2D eigenvalue weighted by atomic mass is 16.2. The Morgan fingerprint density at radius 1 is 1.05 bits per heavy atom. The molecule has 21 heavy (non-hydrogen) atoms. The number of nitrogens with zero attached hydrogens (tertiary/aromatic N) is 1. The van der Waals surface area contributed by atoms with Crippen LogP contribution in [0.3, 0.4) is 0 Å². The van der Waals surface area contributed by atoms with E-state index < -0.39 is 0 Å². The molecule has 4 nitrogen and oxygen atoms in total. The smallest absolute Gasteiger partial charge is 0.256 e. The van der Waals surface area contributed by atoms with Gasteiger partial charge in [-0.05, 0) is 28.7 Å². The topological polar surface area (TPSA) is 54.0 Å². The minimum atomic E-state index is -0.242. The normalized spacial score (nSPS) is 17.7. The van der Waals surface area contributed by atoms with Crippen LogP contribution in [0, 0.1) is 0 Å². The van der Waals surface area contributed by atoms with Crippen LogP contribution >= 0.6 is 0 Å². The molecule has 0 saturated carbocycles. The average molecular weight is 281 g/mol. The molecular weight excluding hydrogens is 262 g/mol. The predicted octanol–water partition coefficient (Wildman–Crippen LogP) is 3.23. The third-order valence-corrected chi connectivity index (χ3v) is 3.72. The van der Waals surface area contributed by atoms with Crippen molar-refractivity contribution in [3.05, 3.63) is 59.3 Å². The highest BCUT2D eigenvalue weighted by Crippen LogP contribution is 2.27. The summed E-state index contributed by atoms with van der Waals surface area (Å²) >= 11 is 0. The van der Waals surface area contributed by atoms with E-state index in [9.17, 15) is 4.79 Å². The quantitative estimate of drug-likeness (QED) is 0.843. The van der Waals surface area contributed by atoms with Crippen molar-refractivity contribution in [3.63, 3.8) is 0 Å². The fourth-order valence-corrected chi connectivity index (χ4v) is 2.43. The standard InChI is InChI=1S/C17H19N3O/c1-17(2,3)12-8-6-11(7-9-12)14-19-15-13(16(21)20-14)5-4-10-18-15/h4-10,14H,1-3H3,(H,18,19)(H,20,21)/t14-/m0/s1. The van der Waals surface area contributed by atoms with Gasteiger partial charge in [0.15, 0.2) is 0 Å². The van der Waals surface area contributed by atoms with Crippen molar-refractivity contribution >= 4 is 11.7 Å². The van der Waals surface area contributed by atoms with Gasteiger partial charge in [-0.15, -0.1) is 0 Å². The average Bonchev–Trinajstić information content (AvgIpc) is 2.46. The Morgan fingerprint density at radius 3 is 2.43 bits per heavy atom. The largest absolute Gasteiger partial charge is 0.346 e. The first-order valence-electron chi connectivity index (χ1n) is 7.08. The molecule has 3 rings (SSSR count). The van der Waals surface area contributed by atoms with E-state index in [1.807, 2.05) is 12.1 Å². The van der Waals surface area contributed by atoms with Crippen molar-refractivity contribution < 1.29 is 4.79 Å². The summed E-state index contributed by atoms with van der Waals surface area (Å²) in [6.07, 6.45) is 1.44. The van der Waals surface area contributed by atoms with Crippen LogP contribution in [0.4, 0.5) is 5.82 Å². The van der Waals surface area contributed by atoms with Gasteiger partial charge in [-0.25, -0.2) is 4.98 Å². The van der Waals surface area contributed by atoms with Crippen molar-refractivity contribution in [2.45, 2.75) is 32.4 Å². The number of benzene rings is 1. The summed E-state index contributed by atoms with van der Waals surface area (Å²) in [5.74, 6) is 0.535. The Hall–Kier alpha value is -2.36. The van der Waals surface area contributed by atoms with Crippen LogP contribution in [-0.4, -0.2) is 10.9 Å². The maximum absolute atomic E-state index is 12.1. The molecule has 0 bridgehead atoms. The van der Waals surface area contributed by atoms with Gasteiger partial charge in [-0.2, -0.15) is 0 Å².